The SMILES string of the molecule is O=C(C1CNCCC12OCc1cc(F)c(F)cc12)N(Cc1ccc(F)cc1Cl)C1CC1. The highest BCUT2D eigenvalue weighted by molar-refractivity contribution is 6.31. The molecule has 1 aliphatic carbocycles. The van der Waals surface area contributed by atoms with Crippen molar-refractivity contribution >= 4 is 17.5 Å². The van der Waals surface area contributed by atoms with Crippen LogP contribution in [-0.4, -0.2) is 29.9 Å². The molecule has 0 aromatic heterocycles. The second-order valence-electron chi connectivity index (χ2n) is 8.54. The number of halogens is 4. The van der Waals surface area contributed by atoms with E-state index in [0.717, 1.165) is 12.8 Å². The predicted octanol–water partition coefficient (Wildman–Crippen LogP) is 4.28. The van der Waals surface area contributed by atoms with Crippen molar-refractivity contribution in [1.82, 2.24) is 10.2 Å². The molecule has 2 unspecified atom stereocenters. The zero-order valence-corrected chi connectivity index (χ0v) is 17.5. The van der Waals surface area contributed by atoms with Crippen molar-refractivity contribution < 1.29 is 22.7 Å². The van der Waals surface area contributed by atoms with Gasteiger partial charge in [0.2, 0.25) is 5.91 Å². The molecule has 1 N–H and O–H groups in total. The minimum Gasteiger partial charge on any atom is -0.365 e. The summed E-state index contributed by atoms with van der Waals surface area (Å²) in [7, 11) is 0. The van der Waals surface area contributed by atoms with Crippen LogP contribution in [0.1, 0.15) is 36.0 Å². The first-order valence-electron chi connectivity index (χ1n) is 10.5. The smallest absolute Gasteiger partial charge is 0.230 e. The third-order valence-electron chi connectivity index (χ3n) is 6.60. The average molecular weight is 451 g/mol. The fourth-order valence-corrected chi connectivity index (χ4v) is 5.06. The van der Waals surface area contributed by atoms with E-state index in [2.05, 4.69) is 5.32 Å². The van der Waals surface area contributed by atoms with E-state index in [1.807, 2.05) is 0 Å². The first kappa shape index (κ1) is 20.8. The molecule has 1 spiro atoms. The van der Waals surface area contributed by atoms with Crippen LogP contribution in [0.4, 0.5) is 13.2 Å². The van der Waals surface area contributed by atoms with Crippen LogP contribution >= 0.6 is 11.6 Å². The van der Waals surface area contributed by atoms with E-state index >= 15 is 0 Å². The van der Waals surface area contributed by atoms with Crippen LogP contribution in [0, 0.1) is 23.4 Å². The summed E-state index contributed by atoms with van der Waals surface area (Å²) in [6.45, 7) is 1.39. The van der Waals surface area contributed by atoms with E-state index in [-0.39, 0.29) is 30.1 Å². The Labute approximate surface area is 183 Å². The van der Waals surface area contributed by atoms with Gasteiger partial charge in [0.25, 0.3) is 0 Å². The number of hydrogen-bond donors (Lipinski definition) is 1. The summed E-state index contributed by atoms with van der Waals surface area (Å²) < 4.78 is 47.5. The Kier molecular flexibility index (Phi) is 5.23. The number of fused-ring (bicyclic) bond motifs is 2. The van der Waals surface area contributed by atoms with Crippen molar-refractivity contribution in [2.45, 2.75) is 44.1 Å². The lowest BCUT2D eigenvalue weighted by Crippen LogP contribution is -2.55. The van der Waals surface area contributed by atoms with Crippen LogP contribution in [0.15, 0.2) is 30.3 Å². The lowest BCUT2D eigenvalue weighted by atomic mass is 9.75. The molecule has 4 nitrogen and oxygen atoms in total. The first-order chi connectivity index (χ1) is 14.9. The maximum atomic E-state index is 14.1. The number of ether oxygens (including phenoxy) is 1. The second-order valence-corrected chi connectivity index (χ2v) is 8.95. The summed E-state index contributed by atoms with van der Waals surface area (Å²) in [5.41, 5.74) is 0.813. The maximum absolute atomic E-state index is 14.1. The highest BCUT2D eigenvalue weighted by Crippen LogP contribution is 2.48. The molecule has 5 rings (SSSR count). The summed E-state index contributed by atoms with van der Waals surface area (Å²) in [5.74, 6) is -2.99. The fourth-order valence-electron chi connectivity index (χ4n) is 4.83. The zero-order chi connectivity index (χ0) is 21.8. The number of carbonyl (C=O) groups excluding carboxylic acids is 1. The summed E-state index contributed by atoms with van der Waals surface area (Å²) in [6.07, 6.45) is 2.25. The van der Waals surface area contributed by atoms with Gasteiger partial charge in [0.15, 0.2) is 11.6 Å². The Morgan fingerprint density at radius 3 is 2.71 bits per heavy atom. The molecular weight excluding hydrogens is 429 g/mol. The average Bonchev–Trinajstić information content (AvgIpc) is 3.53. The highest BCUT2D eigenvalue weighted by Gasteiger charge is 2.53. The quantitative estimate of drug-likeness (QED) is 0.756. The van der Waals surface area contributed by atoms with Gasteiger partial charge in [-0.2, -0.15) is 0 Å². The Balaban J connectivity index is 1.49. The number of nitrogens with zero attached hydrogens (tertiary/aromatic N) is 1. The van der Waals surface area contributed by atoms with Crippen LogP contribution < -0.4 is 5.32 Å². The molecule has 0 bridgehead atoms. The van der Waals surface area contributed by atoms with E-state index in [1.165, 1.54) is 24.3 Å². The number of amides is 1. The molecule has 164 valence electrons. The van der Waals surface area contributed by atoms with E-state index in [1.54, 1.807) is 11.0 Å². The molecule has 2 aromatic rings. The molecule has 31 heavy (non-hydrogen) atoms. The summed E-state index contributed by atoms with van der Waals surface area (Å²) in [5, 5.41) is 3.52. The van der Waals surface area contributed by atoms with Gasteiger partial charge in [0.1, 0.15) is 11.4 Å². The Morgan fingerprint density at radius 1 is 1.19 bits per heavy atom. The lowest BCUT2D eigenvalue weighted by molar-refractivity contribution is -0.157. The topological polar surface area (TPSA) is 41.6 Å². The van der Waals surface area contributed by atoms with Crippen LogP contribution in [0.25, 0.3) is 0 Å². The number of carbonyl (C=O) groups is 1. The Bertz CT molecular complexity index is 1050. The monoisotopic (exact) mass is 450 g/mol. The van der Waals surface area contributed by atoms with Crippen LogP contribution in [0.3, 0.4) is 0 Å². The standard InChI is InChI=1S/C23H22ClF3N2O2/c24-19-8-15(25)2-1-13(19)11-29(16-3-4-16)22(30)18-10-28-6-5-23(18)17-9-21(27)20(26)7-14(17)12-31-23/h1-2,7-9,16,18,28H,3-6,10-12H2. The first-order valence-corrected chi connectivity index (χ1v) is 10.8. The van der Waals surface area contributed by atoms with Crippen molar-refractivity contribution in [3.8, 4) is 0 Å². The van der Waals surface area contributed by atoms with Crippen LogP contribution in [0.5, 0.6) is 0 Å². The van der Waals surface area contributed by atoms with Crippen molar-refractivity contribution in [2.24, 2.45) is 5.92 Å². The highest BCUT2D eigenvalue weighted by atomic mass is 35.5. The Hall–Kier alpha value is -2.09. The minimum atomic E-state index is -0.994. The predicted molar refractivity (Wildman–Crippen MR) is 109 cm³/mol. The third kappa shape index (κ3) is 3.62. The molecule has 8 heteroatoms. The maximum Gasteiger partial charge on any atom is 0.230 e. The molecule has 1 saturated carbocycles. The van der Waals surface area contributed by atoms with Gasteiger partial charge in [-0.25, -0.2) is 13.2 Å². The molecule has 0 radical (unpaired) electrons. The number of piperidine rings is 1. The fraction of sp³-hybridized carbons (Fsp3) is 0.435. The Morgan fingerprint density at radius 2 is 1.97 bits per heavy atom. The summed E-state index contributed by atoms with van der Waals surface area (Å²) >= 11 is 6.22. The molecule has 2 aliphatic heterocycles. The van der Waals surface area contributed by atoms with Crippen LogP contribution in [-0.2, 0) is 28.3 Å². The van der Waals surface area contributed by atoms with E-state index in [4.69, 9.17) is 16.3 Å². The molecule has 1 amide bonds. The van der Waals surface area contributed by atoms with Crippen molar-refractivity contribution in [3.63, 3.8) is 0 Å². The largest absolute Gasteiger partial charge is 0.365 e. The second kappa shape index (κ2) is 7.80. The lowest BCUT2D eigenvalue weighted by Gasteiger charge is -2.43. The van der Waals surface area contributed by atoms with Crippen molar-refractivity contribution in [2.75, 3.05) is 13.1 Å². The van der Waals surface area contributed by atoms with E-state index < -0.39 is 29.0 Å². The van der Waals surface area contributed by atoms with Crippen LogP contribution in [0.2, 0.25) is 5.02 Å². The van der Waals surface area contributed by atoms with E-state index in [0.29, 0.717) is 36.2 Å². The minimum absolute atomic E-state index is 0.0819. The summed E-state index contributed by atoms with van der Waals surface area (Å²) in [4.78, 5) is 15.6. The van der Waals surface area contributed by atoms with E-state index in [9.17, 15) is 18.0 Å². The molecule has 1 saturated heterocycles. The normalized spacial score (nSPS) is 25.0. The van der Waals surface area contributed by atoms with Gasteiger partial charge in [-0.05, 0) is 66.8 Å². The molecule has 2 fully saturated rings. The number of nitrogens with one attached hydrogen (secondary N) is 1. The van der Waals surface area contributed by atoms with Gasteiger partial charge in [0.05, 0.1) is 12.5 Å². The van der Waals surface area contributed by atoms with Gasteiger partial charge in [0, 0.05) is 24.2 Å². The number of rotatable bonds is 4. The van der Waals surface area contributed by atoms with Gasteiger partial charge >= 0.3 is 0 Å². The van der Waals surface area contributed by atoms with Gasteiger partial charge in [-0.3, -0.25) is 4.79 Å². The molecular formula is C23H22ClF3N2O2. The van der Waals surface area contributed by atoms with Gasteiger partial charge < -0.3 is 15.0 Å². The van der Waals surface area contributed by atoms with Crippen molar-refractivity contribution in [3.05, 3.63) is 69.5 Å². The number of hydrogen-bond acceptors (Lipinski definition) is 3. The summed E-state index contributed by atoms with van der Waals surface area (Å²) in [6, 6.07) is 6.59. The van der Waals surface area contributed by atoms with Gasteiger partial charge in [-0.15, -0.1) is 0 Å². The molecule has 2 aromatic carbocycles. The molecule has 2 atom stereocenters. The number of benzene rings is 2. The zero-order valence-electron chi connectivity index (χ0n) is 16.8. The van der Waals surface area contributed by atoms with Crippen molar-refractivity contribution in [1.29, 1.82) is 0 Å². The third-order valence-corrected chi connectivity index (χ3v) is 6.95. The molecule has 3 aliphatic rings. The molecule has 2 heterocycles. The van der Waals surface area contributed by atoms with Gasteiger partial charge in [-0.1, -0.05) is 17.7 Å².